The van der Waals surface area contributed by atoms with Gasteiger partial charge in [0.05, 0.1) is 6.61 Å². The number of hydrogen-bond donors (Lipinski definition) is 1. The number of ether oxygens (including phenoxy) is 1. The predicted octanol–water partition coefficient (Wildman–Crippen LogP) is -0.132. The SMILES string of the molecule is Cn1c(NC2CCN(CC3CCOC3)CC2)c(C#N)c(=O)n(C)c1=O. The van der Waals surface area contributed by atoms with Crippen molar-refractivity contribution in [2.75, 3.05) is 38.2 Å². The maximum absolute atomic E-state index is 12.1. The molecule has 1 aromatic heterocycles. The van der Waals surface area contributed by atoms with Gasteiger partial charge in [-0.15, -0.1) is 0 Å². The van der Waals surface area contributed by atoms with Crippen molar-refractivity contribution in [1.29, 1.82) is 5.26 Å². The molecule has 2 fully saturated rings. The lowest BCUT2D eigenvalue weighted by Crippen LogP contribution is -2.44. The molecule has 0 saturated carbocycles. The Morgan fingerprint density at radius 2 is 1.92 bits per heavy atom. The van der Waals surface area contributed by atoms with Gasteiger partial charge in [-0.2, -0.15) is 5.26 Å². The smallest absolute Gasteiger partial charge is 0.332 e. The standard InChI is InChI=1S/C17H25N5O3/c1-20-15(14(9-18)16(23)21(2)17(20)24)19-13-3-6-22(7-4-13)10-12-5-8-25-11-12/h12-13,19H,3-8,10-11H2,1-2H3. The van der Waals surface area contributed by atoms with Gasteiger partial charge in [-0.3, -0.25) is 13.9 Å². The molecule has 0 aromatic carbocycles. The molecule has 25 heavy (non-hydrogen) atoms. The molecule has 2 aliphatic heterocycles. The molecular formula is C17H25N5O3. The quantitative estimate of drug-likeness (QED) is 0.816. The lowest BCUT2D eigenvalue weighted by atomic mass is 10.0. The van der Waals surface area contributed by atoms with Gasteiger partial charge in [0.15, 0.2) is 5.56 Å². The zero-order chi connectivity index (χ0) is 18.0. The van der Waals surface area contributed by atoms with Crippen LogP contribution in [0.1, 0.15) is 24.8 Å². The van der Waals surface area contributed by atoms with E-state index in [0.29, 0.717) is 11.7 Å². The first kappa shape index (κ1) is 17.7. The Morgan fingerprint density at radius 3 is 2.52 bits per heavy atom. The van der Waals surface area contributed by atoms with Gasteiger partial charge in [-0.1, -0.05) is 0 Å². The number of nitrogens with one attached hydrogen (secondary N) is 1. The summed E-state index contributed by atoms with van der Waals surface area (Å²) in [4.78, 5) is 26.7. The Morgan fingerprint density at radius 1 is 1.20 bits per heavy atom. The highest BCUT2D eigenvalue weighted by Crippen LogP contribution is 2.20. The average molecular weight is 347 g/mol. The van der Waals surface area contributed by atoms with Crippen molar-refractivity contribution in [2.24, 2.45) is 20.0 Å². The first-order chi connectivity index (χ1) is 12.0. The molecular weight excluding hydrogens is 322 g/mol. The van der Waals surface area contributed by atoms with Crippen LogP contribution in [0.2, 0.25) is 0 Å². The third-order valence-electron chi connectivity index (χ3n) is 5.25. The van der Waals surface area contributed by atoms with Gasteiger partial charge in [-0.05, 0) is 25.2 Å². The Labute approximate surface area is 146 Å². The van der Waals surface area contributed by atoms with Gasteiger partial charge in [-0.25, -0.2) is 4.79 Å². The number of nitrogens with zero attached hydrogens (tertiary/aromatic N) is 4. The van der Waals surface area contributed by atoms with E-state index < -0.39 is 11.2 Å². The van der Waals surface area contributed by atoms with Crippen LogP contribution in [0.5, 0.6) is 0 Å². The number of likely N-dealkylation sites (tertiary alicyclic amines) is 1. The lowest BCUT2D eigenvalue weighted by Gasteiger charge is -2.34. The van der Waals surface area contributed by atoms with Crippen LogP contribution >= 0.6 is 0 Å². The maximum Gasteiger partial charge on any atom is 0.332 e. The van der Waals surface area contributed by atoms with E-state index in [1.807, 2.05) is 6.07 Å². The summed E-state index contributed by atoms with van der Waals surface area (Å²) in [7, 11) is 2.97. The number of hydrogen-bond acceptors (Lipinski definition) is 6. The number of nitriles is 1. The summed E-state index contributed by atoms with van der Waals surface area (Å²) in [6.45, 7) is 4.74. The van der Waals surface area contributed by atoms with Crippen LogP contribution in [0.25, 0.3) is 0 Å². The summed E-state index contributed by atoms with van der Waals surface area (Å²) >= 11 is 0. The van der Waals surface area contributed by atoms with Crippen molar-refractivity contribution in [3.8, 4) is 6.07 Å². The van der Waals surface area contributed by atoms with Crippen molar-refractivity contribution in [3.63, 3.8) is 0 Å². The van der Waals surface area contributed by atoms with E-state index in [1.54, 1.807) is 7.05 Å². The highest BCUT2D eigenvalue weighted by Gasteiger charge is 2.25. The largest absolute Gasteiger partial charge is 0.381 e. The fourth-order valence-corrected chi connectivity index (χ4v) is 3.66. The molecule has 2 saturated heterocycles. The van der Waals surface area contributed by atoms with Gasteiger partial charge in [0.25, 0.3) is 5.56 Å². The van der Waals surface area contributed by atoms with E-state index in [2.05, 4.69) is 10.2 Å². The monoisotopic (exact) mass is 347 g/mol. The minimum absolute atomic E-state index is 0.00451. The fraction of sp³-hybridized carbons (Fsp3) is 0.706. The molecule has 2 aliphatic rings. The maximum atomic E-state index is 12.1. The molecule has 3 heterocycles. The number of piperidine rings is 1. The Balaban J connectivity index is 1.67. The van der Waals surface area contributed by atoms with E-state index in [-0.39, 0.29) is 11.6 Å². The van der Waals surface area contributed by atoms with Crippen molar-refractivity contribution in [3.05, 3.63) is 26.4 Å². The van der Waals surface area contributed by atoms with Gasteiger partial charge < -0.3 is 15.0 Å². The zero-order valence-corrected chi connectivity index (χ0v) is 14.8. The highest BCUT2D eigenvalue weighted by molar-refractivity contribution is 5.51. The fourth-order valence-electron chi connectivity index (χ4n) is 3.66. The number of aromatic nitrogens is 2. The predicted molar refractivity (Wildman–Crippen MR) is 93.6 cm³/mol. The first-order valence-electron chi connectivity index (χ1n) is 8.78. The topological polar surface area (TPSA) is 92.3 Å². The molecule has 1 atom stereocenters. The molecule has 136 valence electrons. The molecule has 1 N–H and O–H groups in total. The molecule has 1 unspecified atom stereocenters. The van der Waals surface area contributed by atoms with Crippen molar-refractivity contribution < 1.29 is 4.74 Å². The number of rotatable bonds is 4. The molecule has 0 amide bonds. The molecule has 0 bridgehead atoms. The minimum atomic E-state index is -0.549. The van der Waals surface area contributed by atoms with Crippen LogP contribution in [-0.4, -0.2) is 52.9 Å². The number of anilines is 1. The van der Waals surface area contributed by atoms with Crippen LogP contribution < -0.4 is 16.6 Å². The molecule has 0 spiro atoms. The van der Waals surface area contributed by atoms with Gasteiger partial charge in [0.2, 0.25) is 0 Å². The molecule has 1 aromatic rings. The van der Waals surface area contributed by atoms with E-state index in [0.717, 1.165) is 56.7 Å². The third-order valence-corrected chi connectivity index (χ3v) is 5.25. The van der Waals surface area contributed by atoms with Crippen molar-refractivity contribution >= 4 is 5.82 Å². The van der Waals surface area contributed by atoms with Crippen LogP contribution in [-0.2, 0) is 18.8 Å². The summed E-state index contributed by atoms with van der Waals surface area (Å²) in [5, 5.41) is 12.6. The lowest BCUT2D eigenvalue weighted by molar-refractivity contribution is 0.154. The molecule has 8 heteroatoms. The minimum Gasteiger partial charge on any atom is -0.381 e. The van der Waals surface area contributed by atoms with E-state index in [4.69, 9.17) is 4.74 Å². The van der Waals surface area contributed by atoms with E-state index >= 15 is 0 Å². The van der Waals surface area contributed by atoms with Crippen LogP contribution in [0.3, 0.4) is 0 Å². The summed E-state index contributed by atoms with van der Waals surface area (Å²) in [6, 6.07) is 2.09. The second-order valence-electron chi connectivity index (χ2n) is 6.99. The van der Waals surface area contributed by atoms with Gasteiger partial charge in [0, 0.05) is 46.4 Å². The van der Waals surface area contributed by atoms with Crippen LogP contribution in [0.4, 0.5) is 5.82 Å². The average Bonchev–Trinajstić information content (AvgIpc) is 3.13. The van der Waals surface area contributed by atoms with E-state index in [1.165, 1.54) is 11.6 Å². The van der Waals surface area contributed by atoms with Crippen molar-refractivity contribution in [1.82, 2.24) is 14.0 Å². The van der Waals surface area contributed by atoms with Crippen molar-refractivity contribution in [2.45, 2.75) is 25.3 Å². The third kappa shape index (κ3) is 3.62. The second-order valence-corrected chi connectivity index (χ2v) is 6.99. The molecule has 0 radical (unpaired) electrons. The van der Waals surface area contributed by atoms with Gasteiger partial charge in [0.1, 0.15) is 11.9 Å². The molecule has 0 aliphatic carbocycles. The summed E-state index contributed by atoms with van der Waals surface area (Å²) < 4.78 is 7.75. The van der Waals surface area contributed by atoms with Crippen LogP contribution in [0, 0.1) is 17.2 Å². The Bertz CT molecular complexity index is 777. The van der Waals surface area contributed by atoms with Gasteiger partial charge >= 0.3 is 5.69 Å². The highest BCUT2D eigenvalue weighted by atomic mass is 16.5. The Hall–Kier alpha value is -2.11. The summed E-state index contributed by atoms with van der Waals surface area (Å²) in [5.41, 5.74) is -0.980. The molecule has 8 nitrogen and oxygen atoms in total. The second kappa shape index (κ2) is 7.42. The zero-order valence-electron chi connectivity index (χ0n) is 14.8. The molecule has 3 rings (SSSR count). The summed E-state index contributed by atoms with van der Waals surface area (Å²) in [6.07, 6.45) is 2.98. The normalized spacial score (nSPS) is 22.0. The summed E-state index contributed by atoms with van der Waals surface area (Å²) in [5.74, 6) is 0.964. The van der Waals surface area contributed by atoms with Crippen LogP contribution in [0.15, 0.2) is 9.59 Å². The Kier molecular flexibility index (Phi) is 5.25. The first-order valence-corrected chi connectivity index (χ1v) is 8.78. The van der Waals surface area contributed by atoms with E-state index in [9.17, 15) is 14.9 Å².